The van der Waals surface area contributed by atoms with Crippen LogP contribution in [0, 0.1) is 0 Å². The van der Waals surface area contributed by atoms with E-state index in [1.54, 1.807) is 0 Å². The highest BCUT2D eigenvalue weighted by atomic mass is 16.5. The summed E-state index contributed by atoms with van der Waals surface area (Å²) in [6, 6.07) is 16.8. The second-order valence-corrected chi connectivity index (χ2v) is 7.75. The predicted molar refractivity (Wildman–Crippen MR) is 112 cm³/mol. The van der Waals surface area contributed by atoms with E-state index >= 15 is 0 Å². The second kappa shape index (κ2) is 8.53. The minimum atomic E-state index is 0.185. The van der Waals surface area contributed by atoms with E-state index in [4.69, 9.17) is 4.74 Å². The van der Waals surface area contributed by atoms with Gasteiger partial charge < -0.3 is 4.74 Å². The van der Waals surface area contributed by atoms with Gasteiger partial charge in [0.25, 0.3) is 0 Å². The van der Waals surface area contributed by atoms with Crippen LogP contribution in [-0.2, 0) is 6.54 Å². The summed E-state index contributed by atoms with van der Waals surface area (Å²) in [5, 5.41) is 0. The normalized spacial score (nSPS) is 17.2. The maximum absolute atomic E-state index is 5.74. The van der Waals surface area contributed by atoms with Crippen molar-refractivity contribution in [2.75, 3.05) is 13.1 Å². The Kier molecular flexibility index (Phi) is 5.68. The molecule has 3 aromatic rings. The van der Waals surface area contributed by atoms with Gasteiger partial charge in [0.1, 0.15) is 5.75 Å². The van der Waals surface area contributed by atoms with Gasteiger partial charge >= 0.3 is 0 Å². The van der Waals surface area contributed by atoms with Gasteiger partial charge in [-0.25, -0.2) is 0 Å². The van der Waals surface area contributed by atoms with E-state index in [0.29, 0.717) is 5.92 Å². The molecule has 0 bridgehead atoms. The van der Waals surface area contributed by atoms with E-state index in [-0.39, 0.29) is 6.10 Å². The topological polar surface area (TPSA) is 38.2 Å². The van der Waals surface area contributed by atoms with Crippen molar-refractivity contribution in [3.63, 3.8) is 0 Å². The van der Waals surface area contributed by atoms with Crippen molar-refractivity contribution in [1.29, 1.82) is 0 Å². The molecule has 4 rings (SSSR count). The van der Waals surface area contributed by atoms with Crippen LogP contribution in [0.4, 0.5) is 0 Å². The zero-order valence-corrected chi connectivity index (χ0v) is 16.6. The van der Waals surface area contributed by atoms with Crippen LogP contribution in [0.15, 0.2) is 67.1 Å². The van der Waals surface area contributed by atoms with Crippen molar-refractivity contribution < 1.29 is 4.74 Å². The Bertz CT molecular complexity index is 893. The Morgan fingerprint density at radius 2 is 1.96 bits per heavy atom. The molecule has 0 amide bonds. The zero-order valence-electron chi connectivity index (χ0n) is 16.6. The average molecular weight is 374 g/mol. The van der Waals surface area contributed by atoms with Gasteiger partial charge in [0.15, 0.2) is 0 Å². The highest BCUT2D eigenvalue weighted by Crippen LogP contribution is 2.30. The van der Waals surface area contributed by atoms with Crippen LogP contribution in [0.25, 0.3) is 11.3 Å². The van der Waals surface area contributed by atoms with Gasteiger partial charge in [0.05, 0.1) is 11.8 Å². The van der Waals surface area contributed by atoms with E-state index in [9.17, 15) is 0 Å². The molecule has 1 atom stereocenters. The molecule has 0 N–H and O–H groups in total. The number of likely N-dealkylation sites (tertiary alicyclic amines) is 1. The number of rotatable bonds is 6. The average Bonchev–Trinajstić information content (AvgIpc) is 3.17. The first-order valence-electron chi connectivity index (χ1n) is 10.0. The smallest absolute Gasteiger partial charge is 0.119 e. The molecule has 4 heteroatoms. The maximum Gasteiger partial charge on any atom is 0.119 e. The molecule has 1 aromatic carbocycles. The molecule has 0 spiro atoms. The van der Waals surface area contributed by atoms with E-state index < -0.39 is 0 Å². The molecule has 0 saturated carbocycles. The first kappa shape index (κ1) is 18.6. The van der Waals surface area contributed by atoms with Crippen molar-refractivity contribution in [1.82, 2.24) is 14.9 Å². The van der Waals surface area contributed by atoms with Crippen LogP contribution in [0.3, 0.4) is 0 Å². The first-order chi connectivity index (χ1) is 13.7. The van der Waals surface area contributed by atoms with Crippen LogP contribution in [-0.4, -0.2) is 34.1 Å². The standard InChI is InChI=1S/C24H27N3O/c1-18(2)28-23-7-5-20(6-8-23)24-14-21(9-12-26-24)22-10-13-27(17-22)16-19-4-3-11-25-15-19/h3-9,11-12,14-15,18,22H,10,13,16-17H2,1-2H3/t22-/m0/s1. The fourth-order valence-electron chi connectivity index (χ4n) is 3.83. The third kappa shape index (κ3) is 4.57. The lowest BCUT2D eigenvalue weighted by Crippen LogP contribution is -2.19. The van der Waals surface area contributed by atoms with Gasteiger partial charge in [-0.05, 0) is 86.3 Å². The van der Waals surface area contributed by atoms with Crippen LogP contribution in [0.2, 0.25) is 0 Å². The fourth-order valence-corrected chi connectivity index (χ4v) is 3.83. The molecule has 4 nitrogen and oxygen atoms in total. The van der Waals surface area contributed by atoms with Crippen molar-refractivity contribution >= 4 is 0 Å². The maximum atomic E-state index is 5.74. The van der Waals surface area contributed by atoms with Crippen molar-refractivity contribution in [3.05, 3.63) is 78.2 Å². The van der Waals surface area contributed by atoms with Crippen molar-refractivity contribution in [2.45, 2.75) is 38.8 Å². The number of aromatic nitrogens is 2. The molecule has 3 heterocycles. The molecule has 0 unspecified atom stereocenters. The number of ether oxygens (including phenoxy) is 1. The molecule has 0 radical (unpaired) electrons. The molecule has 1 aliphatic rings. The minimum absolute atomic E-state index is 0.185. The van der Waals surface area contributed by atoms with E-state index in [0.717, 1.165) is 36.6 Å². The predicted octanol–water partition coefficient (Wildman–Crippen LogP) is 4.92. The summed E-state index contributed by atoms with van der Waals surface area (Å²) in [7, 11) is 0. The Morgan fingerprint density at radius 3 is 2.71 bits per heavy atom. The molecule has 28 heavy (non-hydrogen) atoms. The van der Waals surface area contributed by atoms with Gasteiger partial charge in [-0.15, -0.1) is 0 Å². The lowest BCUT2D eigenvalue weighted by atomic mass is 9.97. The minimum Gasteiger partial charge on any atom is -0.491 e. The zero-order chi connectivity index (χ0) is 19.3. The SMILES string of the molecule is CC(C)Oc1ccc(-c2cc([C@H]3CCN(Cc4cccnc4)C3)ccn2)cc1. The summed E-state index contributed by atoms with van der Waals surface area (Å²) >= 11 is 0. The summed E-state index contributed by atoms with van der Waals surface area (Å²) in [5.41, 5.74) is 4.81. The van der Waals surface area contributed by atoms with Crippen LogP contribution in [0.5, 0.6) is 5.75 Å². The number of hydrogen-bond donors (Lipinski definition) is 0. The lowest BCUT2D eigenvalue weighted by Gasteiger charge is -2.16. The molecular weight excluding hydrogens is 346 g/mol. The van der Waals surface area contributed by atoms with Gasteiger partial charge in [0.2, 0.25) is 0 Å². The Balaban J connectivity index is 1.44. The number of pyridine rings is 2. The number of nitrogens with zero attached hydrogens (tertiary/aromatic N) is 3. The van der Waals surface area contributed by atoms with Gasteiger partial charge in [0, 0.05) is 37.2 Å². The largest absolute Gasteiger partial charge is 0.491 e. The number of benzene rings is 1. The van der Waals surface area contributed by atoms with Crippen molar-refractivity contribution in [3.8, 4) is 17.0 Å². The third-order valence-electron chi connectivity index (χ3n) is 5.18. The number of hydrogen-bond acceptors (Lipinski definition) is 4. The summed E-state index contributed by atoms with van der Waals surface area (Å²) in [6.45, 7) is 7.26. The molecule has 0 aliphatic carbocycles. The second-order valence-electron chi connectivity index (χ2n) is 7.75. The molecule has 1 fully saturated rings. The quantitative estimate of drug-likeness (QED) is 0.615. The summed E-state index contributed by atoms with van der Waals surface area (Å²) in [4.78, 5) is 11.3. The van der Waals surface area contributed by atoms with Crippen LogP contribution < -0.4 is 4.74 Å². The fraction of sp³-hybridized carbons (Fsp3) is 0.333. The highest BCUT2D eigenvalue weighted by Gasteiger charge is 2.24. The van der Waals surface area contributed by atoms with Crippen LogP contribution in [0.1, 0.15) is 37.3 Å². The summed E-state index contributed by atoms with van der Waals surface area (Å²) in [5.74, 6) is 1.46. The molecule has 2 aromatic heterocycles. The van der Waals surface area contributed by atoms with Gasteiger partial charge in [-0.1, -0.05) is 6.07 Å². The van der Waals surface area contributed by atoms with Gasteiger partial charge in [-0.3, -0.25) is 14.9 Å². The Hall–Kier alpha value is -2.72. The van der Waals surface area contributed by atoms with Crippen LogP contribution >= 0.6 is 0 Å². The monoisotopic (exact) mass is 373 g/mol. The first-order valence-corrected chi connectivity index (χ1v) is 10.0. The summed E-state index contributed by atoms with van der Waals surface area (Å²) < 4.78 is 5.74. The molecule has 1 saturated heterocycles. The van der Waals surface area contributed by atoms with Crippen molar-refractivity contribution in [2.24, 2.45) is 0 Å². The molecule has 144 valence electrons. The summed E-state index contributed by atoms with van der Waals surface area (Å²) in [6.07, 6.45) is 7.10. The molecular formula is C24H27N3O. The van der Waals surface area contributed by atoms with E-state index in [1.807, 2.05) is 50.6 Å². The third-order valence-corrected chi connectivity index (χ3v) is 5.18. The van der Waals surface area contributed by atoms with E-state index in [2.05, 4.69) is 45.2 Å². The Labute approximate surface area is 167 Å². The van der Waals surface area contributed by atoms with E-state index in [1.165, 1.54) is 17.5 Å². The van der Waals surface area contributed by atoms with Gasteiger partial charge in [-0.2, -0.15) is 0 Å². The highest BCUT2D eigenvalue weighted by molar-refractivity contribution is 5.61. The molecule has 1 aliphatic heterocycles. The Morgan fingerprint density at radius 1 is 1.11 bits per heavy atom. The lowest BCUT2D eigenvalue weighted by molar-refractivity contribution is 0.242.